The minimum absolute atomic E-state index is 0.970. The van der Waals surface area contributed by atoms with Crippen molar-refractivity contribution in [2.45, 2.75) is 79.1 Å². The van der Waals surface area contributed by atoms with Crippen LogP contribution in [0.4, 0.5) is 34.1 Å². The van der Waals surface area contributed by atoms with Crippen molar-refractivity contribution in [3.63, 3.8) is 0 Å². The zero-order chi connectivity index (χ0) is 53.8. The van der Waals surface area contributed by atoms with Gasteiger partial charge >= 0.3 is 0 Å². The second-order valence-electron chi connectivity index (χ2n) is 21.8. The normalized spacial score (nSPS) is 11.9. The van der Waals surface area contributed by atoms with Crippen LogP contribution in [-0.2, 0) is 25.7 Å². The van der Waals surface area contributed by atoms with Crippen LogP contribution >= 0.6 is 22.7 Å². The summed E-state index contributed by atoms with van der Waals surface area (Å²) in [7, 11) is 0. The van der Waals surface area contributed by atoms with Gasteiger partial charge in [-0.05, 0) is 165 Å². The van der Waals surface area contributed by atoms with Gasteiger partial charge in [0.2, 0.25) is 0 Å². The minimum Gasteiger partial charge on any atom is -0.309 e. The summed E-state index contributed by atoms with van der Waals surface area (Å²) in [6.07, 6.45) is 8.05. The van der Waals surface area contributed by atoms with Gasteiger partial charge in [-0.25, -0.2) is 0 Å². The molecular weight excluding hydrogens is 1000 g/mol. The Kier molecular flexibility index (Phi) is 13.2. The summed E-state index contributed by atoms with van der Waals surface area (Å²) < 4.78 is 5.41. The van der Waals surface area contributed by atoms with E-state index in [9.17, 15) is 0 Å². The summed E-state index contributed by atoms with van der Waals surface area (Å²) in [6, 6.07) is 83.2. The van der Waals surface area contributed by atoms with E-state index in [-0.39, 0.29) is 0 Å². The maximum atomic E-state index is 2.62. The Bertz CT molecular complexity index is 4250. The zero-order valence-electron chi connectivity index (χ0n) is 46.2. The first-order chi connectivity index (χ1) is 39.5. The largest absolute Gasteiger partial charge is 0.309 e. The summed E-state index contributed by atoms with van der Waals surface area (Å²) in [6.45, 7) is 9.33. The van der Waals surface area contributed by atoms with Crippen LogP contribution in [0.2, 0.25) is 0 Å². The molecule has 0 amide bonds. The summed E-state index contributed by atoms with van der Waals surface area (Å²) in [5.41, 5.74) is 18.2. The second kappa shape index (κ2) is 21.1. The van der Waals surface area contributed by atoms with E-state index in [4.69, 9.17) is 0 Å². The molecule has 14 aromatic rings. The molecule has 0 unspecified atom stereocenters. The summed E-state index contributed by atoms with van der Waals surface area (Å²) in [5.74, 6) is 0. The number of hydrogen-bond acceptors (Lipinski definition) is 4. The minimum atomic E-state index is 0.970. The highest BCUT2D eigenvalue weighted by atomic mass is 32.1. The molecule has 0 aliphatic carbocycles. The number of nitrogens with zero attached hydrogens (tertiary/aromatic N) is 2. The Morgan fingerprint density at radius 3 is 1.05 bits per heavy atom. The molecule has 0 aliphatic heterocycles. The van der Waals surface area contributed by atoms with Gasteiger partial charge in [-0.2, -0.15) is 0 Å². The van der Waals surface area contributed by atoms with Crippen LogP contribution in [0.1, 0.15) is 75.6 Å². The lowest BCUT2D eigenvalue weighted by molar-refractivity contribution is 0.892. The van der Waals surface area contributed by atoms with Crippen molar-refractivity contribution in [2.75, 3.05) is 9.80 Å². The predicted octanol–water partition coefficient (Wildman–Crippen LogP) is 23.4. The average Bonchev–Trinajstić information content (AvgIpc) is 4.12. The van der Waals surface area contributed by atoms with E-state index in [1.54, 1.807) is 0 Å². The number of thiophene rings is 2. The van der Waals surface area contributed by atoms with Crippen LogP contribution in [-0.4, -0.2) is 0 Å². The molecule has 0 N–H and O–H groups in total. The third-order valence-corrected chi connectivity index (χ3v) is 19.1. The molecular formula is C76H64N2S2. The van der Waals surface area contributed by atoms with Crippen LogP contribution in [0.25, 0.3) is 94.9 Å². The van der Waals surface area contributed by atoms with E-state index in [1.165, 1.54) is 151 Å². The summed E-state index contributed by atoms with van der Waals surface area (Å²) >= 11 is 3.85. The Balaban J connectivity index is 0.982. The number of anilines is 6. The highest BCUT2D eigenvalue weighted by molar-refractivity contribution is 7.26. The molecule has 0 bridgehead atoms. The lowest BCUT2D eigenvalue weighted by Crippen LogP contribution is -2.16. The number of hydrogen-bond donors (Lipinski definition) is 0. The van der Waals surface area contributed by atoms with Gasteiger partial charge in [0, 0.05) is 62.5 Å². The summed E-state index contributed by atoms with van der Waals surface area (Å²) in [5, 5.41) is 13.0. The fourth-order valence-electron chi connectivity index (χ4n) is 13.3. The van der Waals surface area contributed by atoms with Crippen molar-refractivity contribution in [1.82, 2.24) is 0 Å². The molecule has 0 aliphatic rings. The molecule has 80 heavy (non-hydrogen) atoms. The fraction of sp³-hybridized carbons (Fsp3) is 0.158. The Morgan fingerprint density at radius 2 is 0.662 bits per heavy atom. The SMILES string of the molecule is CCCc1cc(-c2cccc3c2sc2ccccc23)cc(CCC)c1N(c1ccccc1)c1ccc2ccc3c(N(c4ccccc4)c4c(CCC)cc(-c5cccc6c5sc5ccccc56)cc4CCC)ccc4ccc1c2c43. The average molecular weight is 1070 g/mol. The maximum Gasteiger partial charge on any atom is 0.0540 e. The van der Waals surface area contributed by atoms with Crippen molar-refractivity contribution in [1.29, 1.82) is 0 Å². The van der Waals surface area contributed by atoms with Gasteiger partial charge in [-0.15, -0.1) is 22.7 Å². The zero-order valence-corrected chi connectivity index (χ0v) is 47.8. The lowest BCUT2D eigenvalue weighted by Gasteiger charge is -2.33. The predicted molar refractivity (Wildman–Crippen MR) is 352 cm³/mol. The molecule has 14 rings (SSSR count). The lowest BCUT2D eigenvalue weighted by atomic mass is 9.89. The van der Waals surface area contributed by atoms with Crippen molar-refractivity contribution >= 4 is 129 Å². The molecule has 0 spiro atoms. The number of para-hydroxylation sites is 2. The van der Waals surface area contributed by atoms with E-state index in [1.807, 2.05) is 22.7 Å². The molecule has 2 nitrogen and oxygen atoms in total. The molecule has 2 aromatic heterocycles. The molecule has 0 radical (unpaired) electrons. The van der Waals surface area contributed by atoms with E-state index >= 15 is 0 Å². The first-order valence-corrected chi connectivity index (χ1v) is 30.7. The van der Waals surface area contributed by atoms with E-state index in [0.717, 1.165) is 51.4 Å². The van der Waals surface area contributed by atoms with Gasteiger partial charge < -0.3 is 9.80 Å². The molecule has 4 heteroatoms. The second-order valence-corrected chi connectivity index (χ2v) is 23.9. The van der Waals surface area contributed by atoms with Crippen LogP contribution in [0, 0.1) is 0 Å². The Hall–Kier alpha value is -8.28. The number of rotatable bonds is 16. The number of fused-ring (bicyclic) bond motifs is 6. The van der Waals surface area contributed by atoms with Crippen molar-refractivity contribution in [2.24, 2.45) is 0 Å². The van der Waals surface area contributed by atoms with Gasteiger partial charge in [0.1, 0.15) is 0 Å². The maximum absolute atomic E-state index is 2.62. The van der Waals surface area contributed by atoms with E-state index in [2.05, 4.69) is 256 Å². The quantitative estimate of drug-likeness (QED) is 0.0890. The first kappa shape index (κ1) is 50.0. The smallest absolute Gasteiger partial charge is 0.0540 e. The molecule has 0 atom stereocenters. The van der Waals surface area contributed by atoms with Crippen LogP contribution in [0.5, 0.6) is 0 Å². The monoisotopic (exact) mass is 1070 g/mol. The van der Waals surface area contributed by atoms with Crippen molar-refractivity contribution in [3.05, 3.63) is 241 Å². The number of benzene rings is 12. The highest BCUT2D eigenvalue weighted by Crippen LogP contribution is 2.52. The highest BCUT2D eigenvalue weighted by Gasteiger charge is 2.28. The van der Waals surface area contributed by atoms with Crippen molar-refractivity contribution < 1.29 is 0 Å². The standard InChI is InChI=1S/C76H64N2S2/c1-5-21-51-45-55(59-31-19-33-63-61-29-15-17-35-69(61)79-75(59)63)46-52(22-6-2)73(51)77(57-25-11-9-12-26-57)67-43-39-49-38-42-66-68(44-40-50-37-41-65(67)71(49)72(50)66)78(58-27-13-10-14-28-58)74-53(23-7-3)47-56(48-54(74)24-8-4)60-32-20-34-64-62-30-16-18-36-70(62)80-76(60)64/h9-20,25-48H,5-8,21-24H2,1-4H3. The van der Waals surface area contributed by atoms with Gasteiger partial charge in [0.25, 0.3) is 0 Å². The van der Waals surface area contributed by atoms with E-state index in [0.29, 0.717) is 0 Å². The first-order valence-electron chi connectivity index (χ1n) is 29.1. The third kappa shape index (κ3) is 8.42. The van der Waals surface area contributed by atoms with Gasteiger partial charge in [-0.3, -0.25) is 0 Å². The van der Waals surface area contributed by atoms with Crippen LogP contribution in [0.15, 0.2) is 218 Å². The molecule has 12 aromatic carbocycles. The third-order valence-electron chi connectivity index (χ3n) is 16.6. The topological polar surface area (TPSA) is 6.48 Å². The Morgan fingerprint density at radius 1 is 0.312 bits per heavy atom. The van der Waals surface area contributed by atoms with Crippen LogP contribution in [0.3, 0.4) is 0 Å². The molecule has 0 fully saturated rings. The number of aryl methyl sites for hydroxylation is 4. The molecule has 2 heterocycles. The van der Waals surface area contributed by atoms with Gasteiger partial charge in [-0.1, -0.05) is 199 Å². The van der Waals surface area contributed by atoms with Crippen LogP contribution < -0.4 is 9.80 Å². The van der Waals surface area contributed by atoms with Gasteiger partial charge in [0.15, 0.2) is 0 Å². The Labute approximate surface area is 478 Å². The van der Waals surface area contributed by atoms with Gasteiger partial charge in [0.05, 0.1) is 22.7 Å². The molecule has 0 saturated heterocycles. The summed E-state index contributed by atoms with van der Waals surface area (Å²) in [4.78, 5) is 5.25. The van der Waals surface area contributed by atoms with Crippen molar-refractivity contribution in [3.8, 4) is 22.3 Å². The molecule has 0 saturated carbocycles. The molecule has 390 valence electrons. The van der Waals surface area contributed by atoms with E-state index < -0.39 is 0 Å². The fourth-order valence-corrected chi connectivity index (χ4v) is 15.8.